The number of rotatable bonds is 1. The first kappa shape index (κ1) is 19.3. The molecule has 1 aliphatic rings. The summed E-state index contributed by atoms with van der Waals surface area (Å²) in [5.74, 6) is 0. The van der Waals surface area contributed by atoms with Crippen LogP contribution in [-0.4, -0.2) is 44.5 Å². The van der Waals surface area contributed by atoms with E-state index in [0.717, 1.165) is 11.3 Å². The summed E-state index contributed by atoms with van der Waals surface area (Å²) in [7, 11) is 0. The third kappa shape index (κ3) is 4.75. The lowest BCUT2D eigenvalue weighted by atomic mass is 10.1. The van der Waals surface area contributed by atoms with Gasteiger partial charge in [-0.05, 0) is 53.2 Å². The molecule has 0 bridgehead atoms. The molecule has 0 aromatic carbocycles. The Labute approximate surface area is 148 Å². The number of carbonyl (C=O) groups excluding carboxylic acids is 2. The molecule has 0 atom stereocenters. The van der Waals surface area contributed by atoms with Gasteiger partial charge in [0.2, 0.25) is 0 Å². The Bertz CT molecular complexity index is 664. The Kier molecular flexibility index (Phi) is 5.18. The maximum atomic E-state index is 12.5. The van der Waals surface area contributed by atoms with Gasteiger partial charge in [-0.15, -0.1) is 0 Å². The van der Waals surface area contributed by atoms with Crippen molar-refractivity contribution in [1.29, 1.82) is 0 Å². The molecule has 0 saturated heterocycles. The number of hydrogen-bond donors (Lipinski definition) is 1. The molecule has 25 heavy (non-hydrogen) atoms. The van der Waals surface area contributed by atoms with Crippen LogP contribution in [0.4, 0.5) is 9.59 Å². The molecule has 1 amide bonds. The number of amides is 1. The summed E-state index contributed by atoms with van der Waals surface area (Å²) >= 11 is 0. The molecule has 2 heterocycles. The van der Waals surface area contributed by atoms with Gasteiger partial charge in [0.25, 0.3) is 0 Å². The summed E-state index contributed by atoms with van der Waals surface area (Å²) in [5.41, 5.74) is 0.879. The quantitative estimate of drug-likeness (QED) is 0.840. The molecule has 7 heteroatoms. The molecule has 1 aromatic rings. The van der Waals surface area contributed by atoms with Crippen LogP contribution in [0.3, 0.4) is 0 Å². The number of nitrogens with zero attached hydrogens (tertiary/aromatic N) is 2. The van der Waals surface area contributed by atoms with Crippen LogP contribution in [-0.2, 0) is 29.0 Å². The van der Waals surface area contributed by atoms with E-state index in [1.807, 2.05) is 20.8 Å². The summed E-state index contributed by atoms with van der Waals surface area (Å²) in [6.45, 7) is 11.4. The molecule has 0 saturated carbocycles. The number of hydrogen-bond acceptors (Lipinski definition) is 5. The van der Waals surface area contributed by atoms with Gasteiger partial charge in [-0.1, -0.05) is 0 Å². The summed E-state index contributed by atoms with van der Waals surface area (Å²) < 4.78 is 12.3. The van der Waals surface area contributed by atoms with Crippen molar-refractivity contribution < 1.29 is 24.2 Å². The van der Waals surface area contributed by atoms with E-state index >= 15 is 0 Å². The highest BCUT2D eigenvalue weighted by atomic mass is 16.6. The van der Waals surface area contributed by atoms with Gasteiger partial charge in [0, 0.05) is 18.7 Å². The Morgan fingerprint density at radius 1 is 1.08 bits per heavy atom. The van der Waals surface area contributed by atoms with Crippen LogP contribution in [0.25, 0.3) is 0 Å². The lowest BCUT2D eigenvalue weighted by molar-refractivity contribution is 0.0222. The zero-order valence-electron chi connectivity index (χ0n) is 15.9. The molecule has 140 valence electrons. The number of ether oxygens (including phenoxy) is 2. The van der Waals surface area contributed by atoms with Crippen LogP contribution in [0, 0.1) is 0 Å². The molecule has 0 radical (unpaired) electrons. The molecular weight excluding hydrogens is 324 g/mol. The number of carbonyl (C=O) groups is 2. The molecule has 1 aliphatic heterocycles. The Hall–Kier alpha value is -2.02. The predicted molar refractivity (Wildman–Crippen MR) is 92.3 cm³/mol. The second kappa shape index (κ2) is 6.71. The average molecular weight is 352 g/mol. The Morgan fingerprint density at radius 3 is 2.16 bits per heavy atom. The number of aromatic nitrogens is 1. The molecule has 2 rings (SSSR count). The Morgan fingerprint density at radius 2 is 1.64 bits per heavy atom. The van der Waals surface area contributed by atoms with Gasteiger partial charge in [0.05, 0.1) is 18.8 Å². The largest absolute Gasteiger partial charge is 0.444 e. The van der Waals surface area contributed by atoms with Crippen molar-refractivity contribution in [2.45, 2.75) is 72.3 Å². The molecular formula is C18H28N2O5. The SMILES string of the molecule is CC(C)(C)OC(=O)N1CCc2c(cc(CO)n2C(=O)OC(C)(C)C)C1. The van der Waals surface area contributed by atoms with Gasteiger partial charge < -0.3 is 19.5 Å². The summed E-state index contributed by atoms with van der Waals surface area (Å²) in [5, 5.41) is 9.61. The molecule has 0 fully saturated rings. The normalized spacial score (nSPS) is 14.9. The molecule has 1 aromatic heterocycles. The van der Waals surface area contributed by atoms with Crippen LogP contribution in [0.2, 0.25) is 0 Å². The van der Waals surface area contributed by atoms with Crippen molar-refractivity contribution in [3.05, 3.63) is 23.0 Å². The molecule has 0 spiro atoms. The molecule has 7 nitrogen and oxygen atoms in total. The van der Waals surface area contributed by atoms with E-state index in [9.17, 15) is 14.7 Å². The lowest BCUT2D eigenvalue weighted by Gasteiger charge is -2.30. The average Bonchev–Trinajstić information content (AvgIpc) is 2.81. The predicted octanol–water partition coefficient (Wildman–Crippen LogP) is 3.06. The first-order chi connectivity index (χ1) is 11.4. The van der Waals surface area contributed by atoms with Gasteiger partial charge in [0.1, 0.15) is 11.2 Å². The van der Waals surface area contributed by atoms with Crippen LogP contribution in [0.1, 0.15) is 58.5 Å². The lowest BCUT2D eigenvalue weighted by Crippen LogP contribution is -2.40. The third-order valence-corrected chi connectivity index (χ3v) is 3.64. The van der Waals surface area contributed by atoms with Gasteiger partial charge >= 0.3 is 12.2 Å². The second-order valence-electron chi connectivity index (χ2n) is 8.23. The first-order valence-electron chi connectivity index (χ1n) is 8.46. The molecule has 0 aliphatic carbocycles. The van der Waals surface area contributed by atoms with E-state index in [1.165, 1.54) is 4.57 Å². The topological polar surface area (TPSA) is 81.0 Å². The minimum Gasteiger partial charge on any atom is -0.444 e. The number of aliphatic hydroxyl groups is 1. The zero-order chi connectivity index (χ0) is 19.0. The molecule has 1 N–H and O–H groups in total. The summed E-state index contributed by atoms with van der Waals surface area (Å²) in [6, 6.07) is 1.75. The van der Waals surface area contributed by atoms with Crippen LogP contribution in [0.15, 0.2) is 6.07 Å². The Balaban J connectivity index is 2.24. The summed E-state index contributed by atoms with van der Waals surface area (Å²) in [4.78, 5) is 26.4. The van der Waals surface area contributed by atoms with E-state index in [2.05, 4.69) is 0 Å². The van der Waals surface area contributed by atoms with Crippen LogP contribution >= 0.6 is 0 Å². The fourth-order valence-electron chi connectivity index (χ4n) is 2.73. The first-order valence-corrected chi connectivity index (χ1v) is 8.46. The third-order valence-electron chi connectivity index (χ3n) is 3.64. The van der Waals surface area contributed by atoms with Crippen molar-refractivity contribution in [2.75, 3.05) is 6.54 Å². The highest BCUT2D eigenvalue weighted by Gasteiger charge is 2.31. The van der Waals surface area contributed by atoms with E-state index in [-0.39, 0.29) is 12.7 Å². The highest BCUT2D eigenvalue weighted by molar-refractivity contribution is 5.75. The number of fused-ring (bicyclic) bond motifs is 1. The van der Waals surface area contributed by atoms with E-state index in [1.54, 1.807) is 31.7 Å². The van der Waals surface area contributed by atoms with Crippen molar-refractivity contribution >= 4 is 12.2 Å². The highest BCUT2D eigenvalue weighted by Crippen LogP contribution is 2.26. The number of aliphatic hydroxyl groups excluding tert-OH is 1. The van der Waals surface area contributed by atoms with Gasteiger partial charge in [0.15, 0.2) is 0 Å². The minimum atomic E-state index is -0.627. The maximum absolute atomic E-state index is 12.5. The maximum Gasteiger partial charge on any atom is 0.419 e. The van der Waals surface area contributed by atoms with Crippen LogP contribution < -0.4 is 0 Å². The van der Waals surface area contributed by atoms with Crippen molar-refractivity contribution in [3.63, 3.8) is 0 Å². The van der Waals surface area contributed by atoms with E-state index in [4.69, 9.17) is 9.47 Å². The standard InChI is InChI=1S/C18H28N2O5/c1-17(2,3)24-15(22)19-8-7-14-12(10-19)9-13(11-21)20(14)16(23)25-18(4,5)6/h9,21H,7-8,10-11H2,1-6H3. The molecule has 0 unspecified atom stereocenters. The van der Waals surface area contributed by atoms with E-state index < -0.39 is 17.3 Å². The van der Waals surface area contributed by atoms with Crippen molar-refractivity contribution in [1.82, 2.24) is 9.47 Å². The van der Waals surface area contributed by atoms with Crippen molar-refractivity contribution in [2.24, 2.45) is 0 Å². The van der Waals surface area contributed by atoms with Gasteiger partial charge in [-0.3, -0.25) is 4.57 Å². The monoisotopic (exact) mass is 352 g/mol. The second-order valence-corrected chi connectivity index (χ2v) is 8.23. The minimum absolute atomic E-state index is 0.279. The van der Waals surface area contributed by atoms with Gasteiger partial charge in [-0.2, -0.15) is 0 Å². The fraction of sp³-hybridized carbons (Fsp3) is 0.667. The van der Waals surface area contributed by atoms with Crippen LogP contribution in [0.5, 0.6) is 0 Å². The fourth-order valence-corrected chi connectivity index (χ4v) is 2.73. The summed E-state index contributed by atoms with van der Waals surface area (Å²) in [6.07, 6.45) is -0.398. The van der Waals surface area contributed by atoms with E-state index in [0.29, 0.717) is 25.2 Å². The smallest absolute Gasteiger partial charge is 0.419 e. The van der Waals surface area contributed by atoms with Gasteiger partial charge in [-0.25, -0.2) is 9.59 Å². The van der Waals surface area contributed by atoms with Crippen molar-refractivity contribution in [3.8, 4) is 0 Å². The zero-order valence-corrected chi connectivity index (χ0v) is 15.9.